The van der Waals surface area contributed by atoms with Crippen molar-refractivity contribution in [2.45, 2.75) is 37.3 Å². The number of rotatable bonds is 4. The minimum absolute atomic E-state index is 0.235. The first-order valence-corrected chi connectivity index (χ1v) is 10.3. The number of aliphatic hydroxyl groups excluding tert-OH is 1. The van der Waals surface area contributed by atoms with Crippen molar-refractivity contribution >= 4 is 29.0 Å². The number of hydrogen-bond donors (Lipinski definition) is 1. The average molecular weight is 428 g/mol. The van der Waals surface area contributed by atoms with Gasteiger partial charge in [0.2, 0.25) is 0 Å². The highest BCUT2D eigenvalue weighted by atomic mass is 32.1. The summed E-state index contributed by atoms with van der Waals surface area (Å²) >= 11 is 5.85. The molecule has 1 aliphatic carbocycles. The molecule has 156 valence electrons. The van der Waals surface area contributed by atoms with Gasteiger partial charge < -0.3 is 24.4 Å². The van der Waals surface area contributed by atoms with Crippen molar-refractivity contribution in [1.29, 1.82) is 0 Å². The van der Waals surface area contributed by atoms with Crippen LogP contribution in [0, 0.1) is 11.7 Å². The number of nitrogens with zero attached hydrogens (tertiary/aromatic N) is 2. The van der Waals surface area contributed by atoms with E-state index in [1.165, 1.54) is 12.1 Å². The molecule has 4 fully saturated rings. The maximum absolute atomic E-state index is 13.4. The Morgan fingerprint density at radius 3 is 2.53 bits per heavy atom. The standard InChI is InChI=1S/C22H21FN2O4S/c1-28-15-8-6-14(7-9-15)25-18-16-10-17(26)20(29-21(16)27)19(18)24(22(25)30)11-12-2-4-13(23)5-3-12/h2-9,16-20,26H,10-11H2,1H3/t16-,17+,18+,19+,20-/m0/s1. The molecule has 0 spiro atoms. The number of aliphatic hydroxyl groups is 1. The summed E-state index contributed by atoms with van der Waals surface area (Å²) in [6.07, 6.45) is -1.04. The zero-order valence-corrected chi connectivity index (χ0v) is 17.1. The SMILES string of the molecule is COc1ccc(N2C(=S)N(Cc3ccc(F)cc3)[C@H]3[C@H]4OC(=O)[C@@H](C[C@H]4O)[C@H]32)cc1. The topological polar surface area (TPSA) is 62.2 Å². The third-order valence-electron chi connectivity index (χ3n) is 6.25. The molecule has 3 saturated heterocycles. The molecule has 0 unspecified atom stereocenters. The summed E-state index contributed by atoms with van der Waals surface area (Å²) < 4.78 is 24.2. The Labute approximate surface area is 178 Å². The van der Waals surface area contributed by atoms with Gasteiger partial charge in [-0.05, 0) is 60.6 Å². The highest BCUT2D eigenvalue weighted by Crippen LogP contribution is 2.46. The molecule has 3 heterocycles. The number of fused-ring (bicyclic) bond motifs is 2. The number of carbonyl (C=O) groups is 1. The van der Waals surface area contributed by atoms with Gasteiger partial charge in [0.15, 0.2) is 5.11 Å². The van der Waals surface area contributed by atoms with Gasteiger partial charge in [0, 0.05) is 12.2 Å². The lowest BCUT2D eigenvalue weighted by Crippen LogP contribution is -2.66. The number of halogens is 1. The summed E-state index contributed by atoms with van der Waals surface area (Å²) in [5, 5.41) is 11.1. The number of benzene rings is 2. The van der Waals surface area contributed by atoms with Gasteiger partial charge in [0.1, 0.15) is 17.7 Å². The normalized spacial score (nSPS) is 29.8. The van der Waals surface area contributed by atoms with E-state index < -0.39 is 18.1 Å². The second kappa shape index (κ2) is 7.21. The second-order valence-electron chi connectivity index (χ2n) is 7.90. The monoisotopic (exact) mass is 428 g/mol. The van der Waals surface area contributed by atoms with Crippen LogP contribution in [-0.2, 0) is 16.1 Å². The highest BCUT2D eigenvalue weighted by Gasteiger charge is 2.62. The molecule has 8 heteroatoms. The fourth-order valence-electron chi connectivity index (χ4n) is 4.87. The Balaban J connectivity index is 1.55. The van der Waals surface area contributed by atoms with Crippen LogP contribution < -0.4 is 9.64 Å². The van der Waals surface area contributed by atoms with Gasteiger partial charge in [-0.1, -0.05) is 12.1 Å². The summed E-state index contributed by atoms with van der Waals surface area (Å²) in [6, 6.07) is 13.3. The molecule has 0 amide bonds. The molecule has 2 aromatic rings. The summed E-state index contributed by atoms with van der Waals surface area (Å²) in [6.45, 7) is 0.431. The van der Waals surface area contributed by atoms with Crippen LogP contribution in [0.2, 0.25) is 0 Å². The van der Waals surface area contributed by atoms with Crippen LogP contribution in [-0.4, -0.2) is 52.5 Å². The summed E-state index contributed by atoms with van der Waals surface area (Å²) in [4.78, 5) is 16.5. The van der Waals surface area contributed by atoms with Gasteiger partial charge in [0.05, 0.1) is 31.2 Å². The van der Waals surface area contributed by atoms with Gasteiger partial charge in [-0.2, -0.15) is 0 Å². The minimum Gasteiger partial charge on any atom is -0.497 e. The van der Waals surface area contributed by atoms with Crippen LogP contribution in [0.3, 0.4) is 0 Å². The summed E-state index contributed by atoms with van der Waals surface area (Å²) in [5.74, 6) is -0.352. The maximum atomic E-state index is 13.4. The lowest BCUT2D eigenvalue weighted by Gasteiger charge is -2.49. The molecular formula is C22H21FN2O4S. The largest absolute Gasteiger partial charge is 0.497 e. The third kappa shape index (κ3) is 2.94. The molecule has 5 atom stereocenters. The van der Waals surface area contributed by atoms with Gasteiger partial charge in [-0.3, -0.25) is 4.79 Å². The Bertz CT molecular complexity index is 984. The number of ether oxygens (including phenoxy) is 2. The van der Waals surface area contributed by atoms with E-state index in [1.54, 1.807) is 19.2 Å². The zero-order valence-electron chi connectivity index (χ0n) is 16.3. The van der Waals surface area contributed by atoms with E-state index in [4.69, 9.17) is 21.7 Å². The molecule has 0 aromatic heterocycles. The molecule has 2 bridgehead atoms. The fraction of sp³-hybridized carbons (Fsp3) is 0.364. The second-order valence-corrected chi connectivity index (χ2v) is 8.26. The Hall–Kier alpha value is -2.71. The Morgan fingerprint density at radius 2 is 1.87 bits per heavy atom. The third-order valence-corrected chi connectivity index (χ3v) is 6.69. The lowest BCUT2D eigenvalue weighted by atomic mass is 9.74. The number of methoxy groups -OCH3 is 1. The van der Waals surface area contributed by atoms with Gasteiger partial charge in [0.25, 0.3) is 0 Å². The van der Waals surface area contributed by atoms with Crippen molar-refractivity contribution in [2.24, 2.45) is 5.92 Å². The van der Waals surface area contributed by atoms with Crippen molar-refractivity contribution in [1.82, 2.24) is 4.90 Å². The molecule has 1 saturated carbocycles. The summed E-state index contributed by atoms with van der Waals surface area (Å²) in [5.41, 5.74) is 1.74. The molecule has 3 aliphatic heterocycles. The lowest BCUT2D eigenvalue weighted by molar-refractivity contribution is -0.194. The molecule has 4 aliphatic rings. The number of thiocarbonyl (C=S) groups is 1. The van der Waals surface area contributed by atoms with E-state index in [9.17, 15) is 14.3 Å². The van der Waals surface area contributed by atoms with E-state index in [0.717, 1.165) is 17.0 Å². The number of esters is 1. The smallest absolute Gasteiger partial charge is 0.311 e. The van der Waals surface area contributed by atoms with E-state index in [-0.39, 0.29) is 23.9 Å². The summed E-state index contributed by atoms with van der Waals surface area (Å²) in [7, 11) is 1.60. The van der Waals surface area contributed by atoms with Gasteiger partial charge >= 0.3 is 5.97 Å². The van der Waals surface area contributed by atoms with Crippen LogP contribution in [0.4, 0.5) is 10.1 Å². The van der Waals surface area contributed by atoms with Crippen molar-refractivity contribution < 1.29 is 23.8 Å². The molecule has 6 rings (SSSR count). The highest BCUT2D eigenvalue weighted by molar-refractivity contribution is 7.80. The van der Waals surface area contributed by atoms with Crippen LogP contribution in [0.1, 0.15) is 12.0 Å². The van der Waals surface area contributed by atoms with E-state index in [2.05, 4.69) is 0 Å². The molecule has 30 heavy (non-hydrogen) atoms. The molecule has 2 aromatic carbocycles. The quantitative estimate of drug-likeness (QED) is 0.593. The predicted molar refractivity (Wildman–Crippen MR) is 112 cm³/mol. The number of anilines is 1. The molecular weight excluding hydrogens is 407 g/mol. The number of carbonyl (C=O) groups excluding carboxylic acids is 1. The van der Waals surface area contributed by atoms with E-state index in [1.807, 2.05) is 34.1 Å². The van der Waals surface area contributed by atoms with Crippen molar-refractivity contribution in [2.75, 3.05) is 12.0 Å². The van der Waals surface area contributed by atoms with E-state index in [0.29, 0.717) is 18.1 Å². The average Bonchev–Trinajstić information content (AvgIpc) is 3.04. The van der Waals surface area contributed by atoms with Gasteiger partial charge in [-0.15, -0.1) is 0 Å². The van der Waals surface area contributed by atoms with E-state index >= 15 is 0 Å². The minimum atomic E-state index is -0.733. The zero-order chi connectivity index (χ0) is 21.0. The van der Waals surface area contributed by atoms with Crippen LogP contribution >= 0.6 is 12.2 Å². The van der Waals surface area contributed by atoms with Crippen molar-refractivity contribution in [3.05, 3.63) is 59.9 Å². The molecule has 1 N–H and O–H groups in total. The maximum Gasteiger partial charge on any atom is 0.311 e. The van der Waals surface area contributed by atoms with Crippen molar-refractivity contribution in [3.63, 3.8) is 0 Å². The Kier molecular flexibility index (Phi) is 4.63. The van der Waals surface area contributed by atoms with Gasteiger partial charge in [-0.25, -0.2) is 4.39 Å². The Morgan fingerprint density at radius 1 is 1.17 bits per heavy atom. The van der Waals surface area contributed by atoms with Crippen LogP contribution in [0.15, 0.2) is 48.5 Å². The first-order valence-electron chi connectivity index (χ1n) is 9.85. The first-order chi connectivity index (χ1) is 14.5. The predicted octanol–water partition coefficient (Wildman–Crippen LogP) is 2.48. The fourth-order valence-corrected chi connectivity index (χ4v) is 5.29. The molecule has 6 nitrogen and oxygen atoms in total. The van der Waals surface area contributed by atoms with Crippen molar-refractivity contribution in [3.8, 4) is 5.75 Å². The van der Waals surface area contributed by atoms with Crippen LogP contribution in [0.5, 0.6) is 5.75 Å². The first kappa shape index (κ1) is 19.3. The van der Waals surface area contributed by atoms with Crippen LogP contribution in [0.25, 0.3) is 0 Å². The number of hydrogen-bond acceptors (Lipinski definition) is 5. The molecule has 0 radical (unpaired) electrons.